The third kappa shape index (κ3) is 1.85. The van der Waals surface area contributed by atoms with E-state index in [0.717, 1.165) is 6.26 Å². The van der Waals surface area contributed by atoms with Crippen LogP contribution in [0, 0.1) is 11.6 Å². The number of ketones is 1. The molecule has 0 fully saturated rings. The molecule has 94 valence electrons. The smallest absolute Gasteiger partial charge is 0.379 e. The van der Waals surface area contributed by atoms with Crippen molar-refractivity contribution < 1.29 is 27.5 Å². The van der Waals surface area contributed by atoms with Crippen LogP contribution in [0.25, 0.3) is 11.0 Å². The third-order valence-corrected chi connectivity index (χ3v) is 2.33. The lowest BCUT2D eigenvalue weighted by Gasteiger charge is -2.04. The number of carbonyl (C=O) groups is 2. The number of benzene rings is 1. The first-order valence-electron chi connectivity index (χ1n) is 5.13. The Balaban J connectivity index is 2.60. The number of rotatable bonds is 3. The molecule has 0 aliphatic rings. The fourth-order valence-electron chi connectivity index (χ4n) is 1.60. The van der Waals surface area contributed by atoms with Crippen molar-refractivity contribution in [1.82, 2.24) is 0 Å². The van der Waals surface area contributed by atoms with Gasteiger partial charge in [-0.25, -0.2) is 13.6 Å². The van der Waals surface area contributed by atoms with Crippen molar-refractivity contribution in [2.24, 2.45) is 0 Å². The molecule has 0 atom stereocenters. The lowest BCUT2D eigenvalue weighted by atomic mass is 10.1. The van der Waals surface area contributed by atoms with E-state index in [1.165, 1.54) is 13.0 Å². The van der Waals surface area contributed by atoms with Gasteiger partial charge in [-0.05, 0) is 13.0 Å². The van der Waals surface area contributed by atoms with Crippen molar-refractivity contribution in [3.63, 3.8) is 0 Å². The number of hydrogen-bond donors (Lipinski definition) is 0. The van der Waals surface area contributed by atoms with Gasteiger partial charge in [0, 0.05) is 11.5 Å². The summed E-state index contributed by atoms with van der Waals surface area (Å²) in [6.45, 7) is 1.50. The molecule has 0 unspecified atom stereocenters. The monoisotopic (exact) mass is 254 g/mol. The van der Waals surface area contributed by atoms with Gasteiger partial charge in [-0.15, -0.1) is 0 Å². The molecule has 1 aromatic heterocycles. The molecule has 2 aromatic rings. The molecule has 1 heterocycles. The van der Waals surface area contributed by atoms with Gasteiger partial charge in [0.2, 0.25) is 0 Å². The second-order valence-electron chi connectivity index (χ2n) is 3.43. The molecule has 2 rings (SSSR count). The summed E-state index contributed by atoms with van der Waals surface area (Å²) in [5.74, 6) is -4.42. The van der Waals surface area contributed by atoms with E-state index < -0.39 is 29.0 Å². The van der Waals surface area contributed by atoms with Gasteiger partial charge >= 0.3 is 5.97 Å². The van der Waals surface area contributed by atoms with Crippen LogP contribution < -0.4 is 0 Å². The highest BCUT2D eigenvalue weighted by atomic mass is 19.1. The van der Waals surface area contributed by atoms with Gasteiger partial charge in [0.05, 0.1) is 18.4 Å². The molecular weight excluding hydrogens is 246 g/mol. The lowest BCUT2D eigenvalue weighted by molar-refractivity contribution is -0.137. The summed E-state index contributed by atoms with van der Waals surface area (Å²) in [6, 6.07) is 1.71. The van der Waals surface area contributed by atoms with Crippen LogP contribution in [-0.2, 0) is 9.53 Å². The Kier molecular flexibility index (Phi) is 3.10. The highest BCUT2D eigenvalue weighted by Crippen LogP contribution is 2.26. The van der Waals surface area contributed by atoms with Crippen LogP contribution in [-0.4, -0.2) is 18.4 Å². The highest BCUT2D eigenvalue weighted by molar-refractivity contribution is 6.42. The van der Waals surface area contributed by atoms with Gasteiger partial charge in [0.1, 0.15) is 5.82 Å². The Morgan fingerprint density at radius 2 is 2.06 bits per heavy atom. The standard InChI is InChI=1S/C12H8F2O4/c1-2-17-12(16)10(15)9-6-3-4-18-11(6)8(14)5-7(9)13/h3-5H,2H2,1H3. The normalized spacial score (nSPS) is 10.6. The van der Waals surface area contributed by atoms with Gasteiger partial charge in [-0.2, -0.15) is 0 Å². The molecule has 0 saturated carbocycles. The quantitative estimate of drug-likeness (QED) is 0.479. The molecule has 0 amide bonds. The second-order valence-corrected chi connectivity index (χ2v) is 3.43. The average Bonchev–Trinajstić information content (AvgIpc) is 2.78. The van der Waals surface area contributed by atoms with Crippen molar-refractivity contribution in [2.45, 2.75) is 6.92 Å². The van der Waals surface area contributed by atoms with Crippen molar-refractivity contribution in [1.29, 1.82) is 0 Å². The van der Waals surface area contributed by atoms with Gasteiger partial charge in [0.25, 0.3) is 5.78 Å². The summed E-state index contributed by atoms with van der Waals surface area (Å²) in [6.07, 6.45) is 1.11. The molecule has 0 aliphatic carbocycles. The highest BCUT2D eigenvalue weighted by Gasteiger charge is 2.26. The van der Waals surface area contributed by atoms with Crippen molar-refractivity contribution in [2.75, 3.05) is 6.61 Å². The van der Waals surface area contributed by atoms with Crippen LogP contribution in [0.1, 0.15) is 17.3 Å². The first-order chi connectivity index (χ1) is 8.56. The van der Waals surface area contributed by atoms with E-state index in [4.69, 9.17) is 4.42 Å². The minimum absolute atomic E-state index is 0.0120. The molecule has 6 heteroatoms. The molecule has 0 saturated heterocycles. The van der Waals surface area contributed by atoms with E-state index in [0.29, 0.717) is 6.07 Å². The molecule has 0 bridgehead atoms. The number of halogens is 2. The number of fused-ring (bicyclic) bond motifs is 1. The van der Waals surface area contributed by atoms with Crippen molar-refractivity contribution in [3.05, 3.63) is 35.6 Å². The Labute approximate surface area is 100 Å². The Morgan fingerprint density at radius 3 is 2.72 bits per heavy atom. The Morgan fingerprint density at radius 1 is 1.33 bits per heavy atom. The largest absolute Gasteiger partial charge is 0.461 e. The van der Waals surface area contributed by atoms with E-state index in [1.807, 2.05) is 0 Å². The molecule has 1 aromatic carbocycles. The summed E-state index contributed by atoms with van der Waals surface area (Å²) in [5, 5.41) is -0.0921. The molecule has 0 spiro atoms. The number of hydrogen-bond acceptors (Lipinski definition) is 4. The molecule has 0 radical (unpaired) electrons. The second kappa shape index (κ2) is 4.56. The predicted octanol–water partition coefficient (Wildman–Crippen LogP) is 2.46. The zero-order valence-corrected chi connectivity index (χ0v) is 9.33. The summed E-state index contributed by atoms with van der Waals surface area (Å²) >= 11 is 0. The van der Waals surface area contributed by atoms with Crippen LogP contribution in [0.2, 0.25) is 0 Å². The Bertz CT molecular complexity index is 630. The van der Waals surface area contributed by atoms with E-state index in [9.17, 15) is 18.4 Å². The van der Waals surface area contributed by atoms with Crippen LogP contribution in [0.15, 0.2) is 22.8 Å². The summed E-state index contributed by atoms with van der Waals surface area (Å²) < 4.78 is 36.2. The predicted molar refractivity (Wildman–Crippen MR) is 57.1 cm³/mol. The number of carbonyl (C=O) groups excluding carboxylic acids is 2. The van der Waals surface area contributed by atoms with Gasteiger partial charge in [-0.1, -0.05) is 0 Å². The molecule has 4 nitrogen and oxygen atoms in total. The van der Waals surface area contributed by atoms with Crippen molar-refractivity contribution in [3.8, 4) is 0 Å². The van der Waals surface area contributed by atoms with E-state index in [1.54, 1.807) is 0 Å². The number of furan rings is 1. The maximum absolute atomic E-state index is 13.6. The number of esters is 1. The first kappa shape index (κ1) is 12.2. The molecular formula is C12H8F2O4. The molecule has 0 N–H and O–H groups in total. The average molecular weight is 254 g/mol. The third-order valence-electron chi connectivity index (χ3n) is 2.33. The van der Waals surface area contributed by atoms with Crippen LogP contribution in [0.5, 0.6) is 0 Å². The lowest BCUT2D eigenvalue weighted by Crippen LogP contribution is -2.19. The zero-order chi connectivity index (χ0) is 13.3. The fourth-order valence-corrected chi connectivity index (χ4v) is 1.60. The Hall–Kier alpha value is -2.24. The summed E-state index contributed by atoms with van der Waals surface area (Å²) in [4.78, 5) is 23.0. The number of Topliss-reactive ketones (excluding diaryl/α,β-unsaturated/α-hetero) is 1. The van der Waals surface area contributed by atoms with E-state index in [2.05, 4.69) is 4.74 Å². The van der Waals surface area contributed by atoms with Gasteiger partial charge < -0.3 is 9.15 Å². The molecule has 18 heavy (non-hydrogen) atoms. The van der Waals surface area contributed by atoms with E-state index in [-0.39, 0.29) is 17.6 Å². The van der Waals surface area contributed by atoms with Crippen LogP contribution >= 0.6 is 0 Å². The van der Waals surface area contributed by atoms with Crippen LogP contribution in [0.4, 0.5) is 8.78 Å². The van der Waals surface area contributed by atoms with Gasteiger partial charge in [-0.3, -0.25) is 4.79 Å². The summed E-state index contributed by atoms with van der Waals surface area (Å²) in [5.41, 5.74) is -0.817. The maximum Gasteiger partial charge on any atom is 0.379 e. The van der Waals surface area contributed by atoms with E-state index >= 15 is 0 Å². The SMILES string of the molecule is CCOC(=O)C(=O)c1c(F)cc(F)c2occc12. The summed E-state index contributed by atoms with van der Waals surface area (Å²) in [7, 11) is 0. The number of ether oxygens (including phenoxy) is 1. The van der Waals surface area contributed by atoms with Crippen molar-refractivity contribution >= 4 is 22.7 Å². The molecule has 0 aliphatic heterocycles. The maximum atomic E-state index is 13.6. The topological polar surface area (TPSA) is 56.5 Å². The minimum Gasteiger partial charge on any atom is -0.461 e. The minimum atomic E-state index is -1.19. The zero-order valence-electron chi connectivity index (χ0n) is 9.33. The van der Waals surface area contributed by atoms with Gasteiger partial charge in [0.15, 0.2) is 11.4 Å². The fraction of sp³-hybridized carbons (Fsp3) is 0.167. The first-order valence-corrected chi connectivity index (χ1v) is 5.13. The van der Waals surface area contributed by atoms with Crippen LogP contribution in [0.3, 0.4) is 0 Å².